The lowest BCUT2D eigenvalue weighted by Crippen LogP contribution is -2.36. The van der Waals surface area contributed by atoms with Crippen LogP contribution in [0.4, 0.5) is 10.5 Å². The van der Waals surface area contributed by atoms with Crippen LogP contribution < -0.4 is 14.8 Å². The summed E-state index contributed by atoms with van der Waals surface area (Å²) in [4.78, 5) is 16.6. The fourth-order valence-corrected chi connectivity index (χ4v) is 4.51. The van der Waals surface area contributed by atoms with E-state index in [4.69, 9.17) is 4.74 Å². The van der Waals surface area contributed by atoms with Gasteiger partial charge in [0.15, 0.2) is 0 Å². The van der Waals surface area contributed by atoms with Gasteiger partial charge >= 0.3 is 6.03 Å². The summed E-state index contributed by atoms with van der Waals surface area (Å²) in [6.45, 7) is 1.90. The van der Waals surface area contributed by atoms with E-state index in [9.17, 15) is 13.2 Å². The molecule has 0 spiro atoms. The first-order valence-electron chi connectivity index (χ1n) is 9.40. The number of hydrogen-bond donors (Lipinski definition) is 2. The zero-order valence-corrected chi connectivity index (χ0v) is 16.9. The Hall–Kier alpha value is -2.61. The first kappa shape index (κ1) is 20.1. The molecule has 2 N–H and O–H groups in total. The van der Waals surface area contributed by atoms with Gasteiger partial charge in [-0.1, -0.05) is 25.5 Å². The van der Waals surface area contributed by atoms with Crippen molar-refractivity contribution in [2.75, 3.05) is 18.2 Å². The van der Waals surface area contributed by atoms with Crippen LogP contribution in [0.15, 0.2) is 30.5 Å². The van der Waals surface area contributed by atoms with Gasteiger partial charge in [0.2, 0.25) is 15.9 Å². The second-order valence-corrected chi connectivity index (χ2v) is 8.64. The van der Waals surface area contributed by atoms with Crippen molar-refractivity contribution in [1.82, 2.24) is 9.71 Å². The molecule has 0 saturated carbocycles. The average molecular weight is 404 g/mol. The number of carbonyl (C=O) groups excluding carboxylic acids is 1. The van der Waals surface area contributed by atoms with Crippen molar-refractivity contribution < 1.29 is 17.9 Å². The third-order valence-corrected chi connectivity index (χ3v) is 6.11. The van der Waals surface area contributed by atoms with Crippen LogP contribution in [0.25, 0.3) is 11.1 Å². The molecule has 1 heterocycles. The molecular weight excluding hydrogens is 378 g/mol. The minimum absolute atomic E-state index is 0.0712. The second kappa shape index (κ2) is 8.60. The highest BCUT2D eigenvalue weighted by Crippen LogP contribution is 2.38. The summed E-state index contributed by atoms with van der Waals surface area (Å²) in [6.07, 6.45) is 5.67. The van der Waals surface area contributed by atoms with Crippen molar-refractivity contribution in [2.45, 2.75) is 39.0 Å². The smallest absolute Gasteiger partial charge is 0.332 e. The molecule has 8 heteroatoms. The number of hydrogen-bond acceptors (Lipinski definition) is 5. The predicted octanol–water partition coefficient (Wildman–Crippen LogP) is 3.50. The molecule has 0 aliphatic heterocycles. The van der Waals surface area contributed by atoms with Gasteiger partial charge < -0.3 is 10.1 Å². The number of ether oxygens (including phenoxy) is 1. The summed E-state index contributed by atoms with van der Waals surface area (Å²) >= 11 is 0. The van der Waals surface area contributed by atoms with Gasteiger partial charge in [0.05, 0.1) is 18.6 Å². The van der Waals surface area contributed by atoms with Gasteiger partial charge in [0, 0.05) is 17.8 Å². The Morgan fingerprint density at radius 2 is 2.07 bits per heavy atom. The van der Waals surface area contributed by atoms with Crippen molar-refractivity contribution in [3.63, 3.8) is 0 Å². The largest absolute Gasteiger partial charge is 0.481 e. The van der Waals surface area contributed by atoms with Gasteiger partial charge in [0.25, 0.3) is 0 Å². The van der Waals surface area contributed by atoms with E-state index in [0.717, 1.165) is 42.4 Å². The standard InChI is InChI=1S/C20H25N3O4S/c1-3-4-12-28(25,26)23-20(24)22-19-16-7-5-6-14(16)8-9-17(19)15-10-11-21-18(13-15)27-2/h8-11,13H,3-7,12H2,1-2H3,(H2,22,23,24). The summed E-state index contributed by atoms with van der Waals surface area (Å²) in [5.74, 6) is 0.397. The molecule has 0 fully saturated rings. The molecule has 1 aromatic heterocycles. The maximum absolute atomic E-state index is 12.5. The van der Waals surface area contributed by atoms with E-state index < -0.39 is 16.1 Å². The molecule has 3 rings (SSSR count). The lowest BCUT2D eigenvalue weighted by atomic mass is 9.98. The SMILES string of the molecule is CCCCS(=O)(=O)NC(=O)Nc1c(-c2ccnc(OC)c2)ccc2c1CCC2. The molecule has 2 aromatic rings. The number of benzene rings is 1. The molecular formula is C20H25N3O4S. The van der Waals surface area contributed by atoms with Crippen molar-refractivity contribution in [2.24, 2.45) is 0 Å². The zero-order chi connectivity index (χ0) is 20.1. The van der Waals surface area contributed by atoms with Crippen LogP contribution in [-0.4, -0.2) is 32.3 Å². The van der Waals surface area contributed by atoms with E-state index in [0.29, 0.717) is 18.0 Å². The highest BCUT2D eigenvalue weighted by atomic mass is 32.2. The van der Waals surface area contributed by atoms with Crippen molar-refractivity contribution in [1.29, 1.82) is 0 Å². The fraction of sp³-hybridized carbons (Fsp3) is 0.400. The first-order valence-corrected chi connectivity index (χ1v) is 11.1. The molecule has 0 unspecified atom stereocenters. The molecule has 1 aromatic carbocycles. The summed E-state index contributed by atoms with van der Waals surface area (Å²) in [5.41, 5.74) is 4.52. The van der Waals surface area contributed by atoms with Gasteiger partial charge in [-0.15, -0.1) is 0 Å². The summed E-state index contributed by atoms with van der Waals surface area (Å²) in [5, 5.41) is 2.79. The fourth-order valence-electron chi connectivity index (χ4n) is 3.40. The van der Waals surface area contributed by atoms with E-state index in [1.54, 1.807) is 19.4 Å². The Morgan fingerprint density at radius 1 is 1.25 bits per heavy atom. The molecule has 2 amide bonds. The average Bonchev–Trinajstić information content (AvgIpc) is 3.15. The van der Waals surface area contributed by atoms with Gasteiger partial charge in [-0.05, 0) is 48.4 Å². The normalized spacial score (nSPS) is 13.1. The zero-order valence-electron chi connectivity index (χ0n) is 16.1. The Morgan fingerprint density at radius 3 is 2.82 bits per heavy atom. The number of unbranched alkanes of at least 4 members (excludes halogenated alkanes) is 1. The summed E-state index contributed by atoms with van der Waals surface area (Å²) < 4.78 is 31.5. The minimum atomic E-state index is -3.66. The van der Waals surface area contributed by atoms with Crippen LogP contribution in [0.5, 0.6) is 5.88 Å². The molecule has 0 saturated heterocycles. The van der Waals surface area contributed by atoms with Crippen molar-refractivity contribution >= 4 is 21.7 Å². The number of aryl methyl sites for hydroxylation is 1. The van der Waals surface area contributed by atoms with Crippen molar-refractivity contribution in [3.8, 4) is 17.0 Å². The van der Waals surface area contributed by atoms with Crippen LogP contribution in [0.2, 0.25) is 0 Å². The lowest BCUT2D eigenvalue weighted by molar-refractivity contribution is 0.256. The molecule has 0 radical (unpaired) electrons. The van der Waals surface area contributed by atoms with E-state index in [1.807, 2.05) is 19.1 Å². The number of rotatable bonds is 7. The van der Waals surface area contributed by atoms with Crippen LogP contribution >= 0.6 is 0 Å². The number of nitrogens with one attached hydrogen (secondary N) is 2. The number of urea groups is 1. The third-order valence-electron chi connectivity index (χ3n) is 4.79. The number of pyridine rings is 1. The predicted molar refractivity (Wildman–Crippen MR) is 109 cm³/mol. The quantitative estimate of drug-likeness (QED) is 0.737. The molecule has 28 heavy (non-hydrogen) atoms. The van der Waals surface area contributed by atoms with Crippen molar-refractivity contribution in [3.05, 3.63) is 41.6 Å². The lowest BCUT2D eigenvalue weighted by Gasteiger charge is -2.17. The summed E-state index contributed by atoms with van der Waals surface area (Å²) in [7, 11) is -2.11. The van der Waals surface area contributed by atoms with Gasteiger partial charge in [0.1, 0.15) is 0 Å². The van der Waals surface area contributed by atoms with Crippen LogP contribution in [0.3, 0.4) is 0 Å². The second-order valence-electron chi connectivity index (χ2n) is 6.79. The molecule has 1 aliphatic carbocycles. The number of anilines is 1. The third kappa shape index (κ3) is 4.62. The maximum Gasteiger partial charge on any atom is 0.332 e. The number of fused-ring (bicyclic) bond motifs is 1. The Kier molecular flexibility index (Phi) is 6.18. The Labute approximate surface area is 165 Å². The molecule has 7 nitrogen and oxygen atoms in total. The highest BCUT2D eigenvalue weighted by molar-refractivity contribution is 7.90. The number of nitrogens with zero attached hydrogens (tertiary/aromatic N) is 1. The van der Waals surface area contributed by atoms with E-state index >= 15 is 0 Å². The Bertz CT molecular complexity index is 973. The molecule has 150 valence electrons. The van der Waals surface area contributed by atoms with Gasteiger partial charge in [-0.2, -0.15) is 0 Å². The van der Waals surface area contributed by atoms with Gasteiger partial charge in [-0.3, -0.25) is 0 Å². The highest BCUT2D eigenvalue weighted by Gasteiger charge is 2.22. The first-order chi connectivity index (χ1) is 13.4. The number of sulfonamides is 1. The molecule has 1 aliphatic rings. The molecule has 0 bridgehead atoms. The van der Waals surface area contributed by atoms with Crippen LogP contribution in [-0.2, 0) is 22.9 Å². The van der Waals surface area contributed by atoms with Crippen LogP contribution in [0.1, 0.15) is 37.3 Å². The number of amides is 2. The van der Waals surface area contributed by atoms with E-state index in [1.165, 1.54) is 5.56 Å². The maximum atomic E-state index is 12.5. The number of carbonyl (C=O) groups is 1. The molecule has 0 atom stereocenters. The number of aromatic nitrogens is 1. The van der Waals surface area contributed by atoms with Gasteiger partial charge in [-0.25, -0.2) is 22.9 Å². The topological polar surface area (TPSA) is 97.4 Å². The Balaban J connectivity index is 1.93. The summed E-state index contributed by atoms with van der Waals surface area (Å²) in [6, 6.07) is 6.89. The minimum Gasteiger partial charge on any atom is -0.481 e. The van der Waals surface area contributed by atoms with E-state index in [2.05, 4.69) is 21.1 Å². The number of methoxy groups -OCH3 is 1. The van der Waals surface area contributed by atoms with E-state index in [-0.39, 0.29) is 5.75 Å². The van der Waals surface area contributed by atoms with Crippen LogP contribution in [0, 0.1) is 0 Å². The monoisotopic (exact) mass is 403 g/mol.